The van der Waals surface area contributed by atoms with E-state index in [-0.39, 0.29) is 17.4 Å². The van der Waals surface area contributed by atoms with Gasteiger partial charge in [0.1, 0.15) is 6.61 Å². The average Bonchev–Trinajstić information content (AvgIpc) is 2.91. The van der Waals surface area contributed by atoms with Crippen LogP contribution < -0.4 is 4.90 Å². The van der Waals surface area contributed by atoms with Gasteiger partial charge < -0.3 is 9.64 Å². The summed E-state index contributed by atoms with van der Waals surface area (Å²) in [6.45, 7) is 5.10. The normalized spacial score (nSPS) is 14.5. The van der Waals surface area contributed by atoms with Gasteiger partial charge in [0.15, 0.2) is 0 Å². The van der Waals surface area contributed by atoms with E-state index in [0.29, 0.717) is 26.1 Å². The highest BCUT2D eigenvalue weighted by Crippen LogP contribution is 2.31. The standard InChI is InChI=1S/C15H22N2O4S/c1-4-16(5-2)22(19,20)13-6-7-14-12(10-13)8-9-17(14)15(18)11-21-3/h6-7,10H,4-5,8-9,11H2,1-3H3. The number of carbonyl (C=O) groups excluding carboxylic acids is 1. The molecule has 0 atom stereocenters. The molecule has 0 spiro atoms. The van der Waals surface area contributed by atoms with Crippen LogP contribution in [-0.4, -0.2) is 52.0 Å². The number of anilines is 1. The van der Waals surface area contributed by atoms with E-state index in [1.807, 2.05) is 13.8 Å². The second-order valence-electron chi connectivity index (χ2n) is 5.11. The molecule has 0 saturated heterocycles. The van der Waals surface area contributed by atoms with Gasteiger partial charge in [-0.25, -0.2) is 8.42 Å². The summed E-state index contributed by atoms with van der Waals surface area (Å²) in [5.74, 6) is -0.111. The zero-order valence-electron chi connectivity index (χ0n) is 13.2. The summed E-state index contributed by atoms with van der Waals surface area (Å²) in [6, 6.07) is 4.97. The number of ether oxygens (including phenoxy) is 1. The predicted octanol–water partition coefficient (Wildman–Crippen LogP) is 1.25. The highest BCUT2D eigenvalue weighted by Gasteiger charge is 2.28. The molecule has 2 rings (SSSR count). The number of carbonyl (C=O) groups is 1. The van der Waals surface area contributed by atoms with Gasteiger partial charge in [-0.2, -0.15) is 4.31 Å². The third kappa shape index (κ3) is 3.02. The Morgan fingerprint density at radius 3 is 2.59 bits per heavy atom. The van der Waals surface area contributed by atoms with Crippen LogP contribution in [0.2, 0.25) is 0 Å². The van der Waals surface area contributed by atoms with E-state index in [1.54, 1.807) is 23.1 Å². The van der Waals surface area contributed by atoms with E-state index in [4.69, 9.17) is 4.74 Å². The highest BCUT2D eigenvalue weighted by molar-refractivity contribution is 7.89. The monoisotopic (exact) mass is 326 g/mol. The number of fused-ring (bicyclic) bond motifs is 1. The van der Waals surface area contributed by atoms with Crippen molar-refractivity contribution in [2.45, 2.75) is 25.2 Å². The fourth-order valence-electron chi connectivity index (χ4n) is 2.71. The molecule has 0 aromatic heterocycles. The number of benzene rings is 1. The third-order valence-electron chi connectivity index (χ3n) is 3.86. The Morgan fingerprint density at radius 2 is 2.00 bits per heavy atom. The van der Waals surface area contributed by atoms with Gasteiger partial charge in [-0.15, -0.1) is 0 Å². The van der Waals surface area contributed by atoms with Gasteiger partial charge in [-0.3, -0.25) is 4.79 Å². The lowest BCUT2D eigenvalue weighted by atomic mass is 10.2. The van der Waals surface area contributed by atoms with Crippen molar-refractivity contribution in [3.63, 3.8) is 0 Å². The summed E-state index contributed by atoms with van der Waals surface area (Å²) < 4.78 is 31.4. The molecule has 1 amide bonds. The van der Waals surface area contributed by atoms with E-state index in [1.165, 1.54) is 11.4 Å². The van der Waals surface area contributed by atoms with Crippen LogP contribution in [0.15, 0.2) is 23.1 Å². The Morgan fingerprint density at radius 1 is 1.32 bits per heavy atom. The largest absolute Gasteiger partial charge is 0.375 e. The number of sulfonamides is 1. The topological polar surface area (TPSA) is 66.9 Å². The first-order valence-electron chi connectivity index (χ1n) is 7.38. The molecule has 0 N–H and O–H groups in total. The molecule has 6 nitrogen and oxygen atoms in total. The predicted molar refractivity (Wildman–Crippen MR) is 84.5 cm³/mol. The molecular weight excluding hydrogens is 304 g/mol. The highest BCUT2D eigenvalue weighted by atomic mass is 32.2. The molecule has 0 radical (unpaired) electrons. The average molecular weight is 326 g/mol. The first-order chi connectivity index (χ1) is 10.5. The van der Waals surface area contributed by atoms with E-state index in [9.17, 15) is 13.2 Å². The minimum Gasteiger partial charge on any atom is -0.375 e. The maximum atomic E-state index is 12.5. The first kappa shape index (κ1) is 16.9. The van der Waals surface area contributed by atoms with Gasteiger partial charge in [-0.05, 0) is 30.2 Å². The first-order valence-corrected chi connectivity index (χ1v) is 8.82. The minimum absolute atomic E-state index is 0.0267. The van der Waals surface area contributed by atoms with E-state index < -0.39 is 10.0 Å². The van der Waals surface area contributed by atoms with Crippen molar-refractivity contribution in [3.8, 4) is 0 Å². The zero-order valence-corrected chi connectivity index (χ0v) is 14.0. The van der Waals surface area contributed by atoms with Gasteiger partial charge in [0.05, 0.1) is 4.90 Å². The number of hydrogen-bond donors (Lipinski definition) is 0. The van der Waals surface area contributed by atoms with E-state index >= 15 is 0 Å². The molecule has 0 fully saturated rings. The molecule has 122 valence electrons. The Hall–Kier alpha value is -1.44. The maximum absolute atomic E-state index is 12.5. The summed E-state index contributed by atoms with van der Waals surface area (Å²) in [7, 11) is -1.98. The number of rotatable bonds is 6. The van der Waals surface area contributed by atoms with Crippen molar-refractivity contribution in [2.75, 3.05) is 38.3 Å². The third-order valence-corrected chi connectivity index (χ3v) is 5.90. The van der Waals surface area contributed by atoms with Crippen LogP contribution in [-0.2, 0) is 26.0 Å². The summed E-state index contributed by atoms with van der Waals surface area (Å²) in [5.41, 5.74) is 1.67. The number of nitrogens with zero attached hydrogens (tertiary/aromatic N) is 2. The van der Waals surface area contributed by atoms with Crippen LogP contribution in [0.1, 0.15) is 19.4 Å². The molecule has 0 saturated carbocycles. The van der Waals surface area contributed by atoms with Gasteiger partial charge in [0, 0.05) is 32.4 Å². The second kappa shape index (κ2) is 6.76. The van der Waals surface area contributed by atoms with Crippen molar-refractivity contribution < 1.29 is 17.9 Å². The van der Waals surface area contributed by atoms with Gasteiger partial charge >= 0.3 is 0 Å². The zero-order chi connectivity index (χ0) is 16.3. The fourth-order valence-corrected chi connectivity index (χ4v) is 4.22. The maximum Gasteiger partial charge on any atom is 0.252 e. The molecule has 1 aliphatic heterocycles. The van der Waals surface area contributed by atoms with Crippen molar-refractivity contribution in [2.24, 2.45) is 0 Å². The lowest BCUT2D eigenvalue weighted by Gasteiger charge is -2.20. The van der Waals surface area contributed by atoms with Crippen LogP contribution in [0.4, 0.5) is 5.69 Å². The van der Waals surface area contributed by atoms with Crippen LogP contribution in [0.3, 0.4) is 0 Å². The molecule has 22 heavy (non-hydrogen) atoms. The summed E-state index contributed by atoms with van der Waals surface area (Å²) in [5, 5.41) is 0. The molecule has 1 heterocycles. The summed E-state index contributed by atoms with van der Waals surface area (Å²) in [6.07, 6.45) is 0.659. The fraction of sp³-hybridized carbons (Fsp3) is 0.533. The lowest BCUT2D eigenvalue weighted by molar-refractivity contribution is -0.122. The molecule has 0 bridgehead atoms. The smallest absolute Gasteiger partial charge is 0.252 e. The molecule has 0 unspecified atom stereocenters. The van der Waals surface area contributed by atoms with Crippen LogP contribution in [0, 0.1) is 0 Å². The molecule has 1 aromatic rings. The quantitative estimate of drug-likeness (QED) is 0.789. The van der Waals surface area contributed by atoms with Gasteiger partial charge in [0.25, 0.3) is 5.91 Å². The Labute approximate surface area is 131 Å². The Balaban J connectivity index is 2.33. The van der Waals surface area contributed by atoms with Gasteiger partial charge in [-0.1, -0.05) is 13.8 Å². The summed E-state index contributed by atoms with van der Waals surface area (Å²) >= 11 is 0. The number of hydrogen-bond acceptors (Lipinski definition) is 4. The summed E-state index contributed by atoms with van der Waals surface area (Å²) in [4.78, 5) is 13.9. The lowest BCUT2D eigenvalue weighted by Crippen LogP contribution is -2.32. The van der Waals surface area contributed by atoms with Crippen molar-refractivity contribution in [1.29, 1.82) is 0 Å². The second-order valence-corrected chi connectivity index (χ2v) is 7.05. The molecule has 7 heteroatoms. The van der Waals surface area contributed by atoms with Crippen molar-refractivity contribution in [1.82, 2.24) is 4.31 Å². The number of amides is 1. The van der Waals surface area contributed by atoms with E-state index in [0.717, 1.165) is 11.3 Å². The van der Waals surface area contributed by atoms with Crippen LogP contribution in [0.25, 0.3) is 0 Å². The SMILES string of the molecule is CCN(CC)S(=O)(=O)c1ccc2c(c1)CCN2C(=O)COC. The van der Waals surface area contributed by atoms with Crippen molar-refractivity contribution in [3.05, 3.63) is 23.8 Å². The minimum atomic E-state index is -3.47. The molecule has 1 aromatic carbocycles. The van der Waals surface area contributed by atoms with E-state index in [2.05, 4.69) is 0 Å². The van der Waals surface area contributed by atoms with Crippen LogP contribution >= 0.6 is 0 Å². The molecule has 1 aliphatic rings. The van der Waals surface area contributed by atoms with Crippen LogP contribution in [0.5, 0.6) is 0 Å². The van der Waals surface area contributed by atoms with Crippen molar-refractivity contribution >= 4 is 21.6 Å². The Kier molecular flexibility index (Phi) is 5.20. The molecular formula is C15H22N2O4S. The van der Waals surface area contributed by atoms with Gasteiger partial charge in [0.2, 0.25) is 10.0 Å². The molecule has 0 aliphatic carbocycles. The number of methoxy groups -OCH3 is 1. The Bertz CT molecular complexity index is 654.